The van der Waals surface area contributed by atoms with Crippen LogP contribution < -0.4 is 0 Å². The Morgan fingerprint density at radius 2 is 2.00 bits per heavy atom. The summed E-state index contributed by atoms with van der Waals surface area (Å²) < 4.78 is 59.4. The Hall–Kier alpha value is -3.47. The third-order valence-electron chi connectivity index (χ3n) is 4.18. The highest BCUT2D eigenvalue weighted by molar-refractivity contribution is 7.13. The second-order valence-corrected chi connectivity index (χ2v) is 7.43. The Balaban J connectivity index is 1.75. The monoisotopic (exact) mass is 450 g/mol. The predicted octanol–water partition coefficient (Wildman–Crippen LogP) is 4.93. The average Bonchev–Trinajstić information content (AvgIpc) is 3.46. The Morgan fingerprint density at radius 1 is 1.16 bits per heavy atom. The van der Waals surface area contributed by atoms with Crippen molar-refractivity contribution in [2.45, 2.75) is 12.7 Å². The van der Waals surface area contributed by atoms with Crippen molar-refractivity contribution in [2.75, 3.05) is 6.54 Å². The van der Waals surface area contributed by atoms with Crippen LogP contribution in [0, 0.1) is 5.82 Å². The number of benzene rings is 1. The minimum absolute atomic E-state index is 0.181. The van der Waals surface area contributed by atoms with Crippen LogP contribution in [-0.2, 0) is 6.54 Å². The standard InChI is InChI=1S/C20H14F4N4O2S/c21-13-4-1-5-14(10-13)28-18(16-7-3-9-31-16)25-17(26-28)19(29)27(12-20(22,23)24)11-15-6-2-8-30-15/h1-10H,11-12H2. The lowest BCUT2D eigenvalue weighted by atomic mass is 10.3. The predicted molar refractivity (Wildman–Crippen MR) is 104 cm³/mol. The van der Waals surface area contributed by atoms with E-state index in [2.05, 4.69) is 10.1 Å². The second-order valence-electron chi connectivity index (χ2n) is 6.48. The van der Waals surface area contributed by atoms with Crippen LogP contribution >= 0.6 is 11.3 Å². The maximum absolute atomic E-state index is 13.7. The molecule has 0 radical (unpaired) electrons. The van der Waals surface area contributed by atoms with Crippen LogP contribution in [0.4, 0.5) is 17.6 Å². The Bertz CT molecular complexity index is 1170. The van der Waals surface area contributed by atoms with Gasteiger partial charge in [0, 0.05) is 0 Å². The lowest BCUT2D eigenvalue weighted by molar-refractivity contribution is -0.142. The molecule has 0 atom stereocenters. The van der Waals surface area contributed by atoms with Crippen LogP contribution in [0.2, 0.25) is 0 Å². The molecule has 0 unspecified atom stereocenters. The number of hydrogen-bond donors (Lipinski definition) is 0. The van der Waals surface area contributed by atoms with Gasteiger partial charge in [-0.2, -0.15) is 13.2 Å². The smallest absolute Gasteiger partial charge is 0.406 e. The quantitative estimate of drug-likeness (QED) is 0.391. The van der Waals surface area contributed by atoms with Gasteiger partial charge in [-0.25, -0.2) is 14.1 Å². The molecule has 0 N–H and O–H groups in total. The lowest BCUT2D eigenvalue weighted by Crippen LogP contribution is -2.39. The van der Waals surface area contributed by atoms with E-state index in [1.54, 1.807) is 23.6 Å². The summed E-state index contributed by atoms with van der Waals surface area (Å²) in [7, 11) is 0. The molecule has 0 fully saturated rings. The minimum atomic E-state index is -4.63. The van der Waals surface area contributed by atoms with Gasteiger partial charge in [-0.1, -0.05) is 12.1 Å². The average molecular weight is 450 g/mol. The number of hydrogen-bond acceptors (Lipinski definition) is 5. The van der Waals surface area contributed by atoms with E-state index >= 15 is 0 Å². The molecule has 160 valence electrons. The number of carbonyl (C=O) groups is 1. The summed E-state index contributed by atoms with van der Waals surface area (Å²) in [5.74, 6) is -1.60. The third kappa shape index (κ3) is 4.82. The highest BCUT2D eigenvalue weighted by Crippen LogP contribution is 2.27. The van der Waals surface area contributed by atoms with Gasteiger partial charge >= 0.3 is 6.18 Å². The van der Waals surface area contributed by atoms with E-state index in [4.69, 9.17) is 4.42 Å². The normalized spacial score (nSPS) is 11.6. The first-order valence-electron chi connectivity index (χ1n) is 8.95. The van der Waals surface area contributed by atoms with Gasteiger partial charge in [-0.15, -0.1) is 16.4 Å². The maximum atomic E-state index is 13.7. The second kappa shape index (κ2) is 8.34. The van der Waals surface area contributed by atoms with Crippen molar-refractivity contribution in [3.8, 4) is 16.4 Å². The zero-order valence-corrected chi connectivity index (χ0v) is 16.5. The molecule has 0 aliphatic carbocycles. The number of alkyl halides is 3. The topological polar surface area (TPSA) is 64.2 Å². The fourth-order valence-corrected chi connectivity index (χ4v) is 3.60. The Kier molecular flexibility index (Phi) is 5.59. The van der Waals surface area contributed by atoms with Crippen LogP contribution in [-0.4, -0.2) is 38.3 Å². The van der Waals surface area contributed by atoms with E-state index in [0.717, 1.165) is 0 Å². The van der Waals surface area contributed by atoms with Gasteiger partial charge in [-0.05, 0) is 41.8 Å². The SMILES string of the molecule is O=C(c1nc(-c2cccs2)n(-c2cccc(F)c2)n1)N(Cc1ccco1)CC(F)(F)F. The molecule has 0 aliphatic rings. The van der Waals surface area contributed by atoms with Gasteiger partial charge in [0.2, 0.25) is 5.82 Å². The molecule has 1 amide bonds. The van der Waals surface area contributed by atoms with Gasteiger partial charge in [0.1, 0.15) is 18.1 Å². The number of amides is 1. The third-order valence-corrected chi connectivity index (χ3v) is 5.04. The molecule has 0 aliphatic heterocycles. The number of halogens is 4. The Morgan fingerprint density at radius 3 is 2.65 bits per heavy atom. The molecular weight excluding hydrogens is 436 g/mol. The van der Waals surface area contributed by atoms with Crippen LogP contribution in [0.3, 0.4) is 0 Å². The molecule has 31 heavy (non-hydrogen) atoms. The number of nitrogens with zero attached hydrogens (tertiary/aromatic N) is 4. The fourth-order valence-electron chi connectivity index (χ4n) is 2.90. The fraction of sp³-hybridized carbons (Fsp3) is 0.150. The summed E-state index contributed by atoms with van der Waals surface area (Å²) >= 11 is 1.30. The molecule has 4 aromatic rings. The molecule has 3 aromatic heterocycles. The first kappa shape index (κ1) is 20.8. The molecule has 4 rings (SSSR count). The largest absolute Gasteiger partial charge is 0.467 e. The van der Waals surface area contributed by atoms with Gasteiger partial charge in [-0.3, -0.25) is 4.79 Å². The van der Waals surface area contributed by atoms with Gasteiger partial charge in [0.25, 0.3) is 5.91 Å². The van der Waals surface area contributed by atoms with E-state index in [0.29, 0.717) is 9.78 Å². The minimum Gasteiger partial charge on any atom is -0.467 e. The first-order valence-corrected chi connectivity index (χ1v) is 9.83. The summed E-state index contributed by atoms with van der Waals surface area (Å²) in [6.45, 7) is -1.91. The number of carbonyl (C=O) groups excluding carboxylic acids is 1. The number of aromatic nitrogens is 3. The van der Waals surface area contributed by atoms with Crippen molar-refractivity contribution in [3.05, 3.63) is 77.6 Å². The molecule has 0 spiro atoms. The molecule has 0 saturated carbocycles. The number of thiophene rings is 1. The lowest BCUT2D eigenvalue weighted by Gasteiger charge is -2.21. The van der Waals surface area contributed by atoms with Crippen LogP contribution in [0.25, 0.3) is 16.4 Å². The van der Waals surface area contributed by atoms with E-state index in [1.165, 1.54) is 52.6 Å². The van der Waals surface area contributed by atoms with Gasteiger partial charge in [0.05, 0.1) is 23.4 Å². The molecule has 11 heteroatoms. The number of furan rings is 1. The van der Waals surface area contributed by atoms with E-state index in [1.807, 2.05) is 0 Å². The van der Waals surface area contributed by atoms with Crippen molar-refractivity contribution in [2.24, 2.45) is 0 Å². The van der Waals surface area contributed by atoms with Crippen LogP contribution in [0.5, 0.6) is 0 Å². The van der Waals surface area contributed by atoms with Crippen molar-refractivity contribution in [1.29, 1.82) is 0 Å². The molecular formula is C20H14F4N4O2S. The van der Waals surface area contributed by atoms with E-state index < -0.39 is 36.8 Å². The highest BCUT2D eigenvalue weighted by atomic mass is 32.1. The molecule has 0 saturated heterocycles. The summed E-state index contributed by atoms with van der Waals surface area (Å²) in [5.41, 5.74) is 0.281. The van der Waals surface area contributed by atoms with Crippen LogP contribution in [0.15, 0.2) is 64.6 Å². The Labute approximate surface area is 177 Å². The molecule has 1 aromatic carbocycles. The van der Waals surface area contributed by atoms with Crippen molar-refractivity contribution < 1.29 is 26.8 Å². The van der Waals surface area contributed by atoms with Gasteiger partial charge in [0.15, 0.2) is 5.82 Å². The van der Waals surface area contributed by atoms with Crippen molar-refractivity contribution in [3.63, 3.8) is 0 Å². The van der Waals surface area contributed by atoms with Crippen LogP contribution in [0.1, 0.15) is 16.4 Å². The number of rotatable bonds is 6. The summed E-state index contributed by atoms with van der Waals surface area (Å²) in [5, 5.41) is 5.89. The molecule has 0 bridgehead atoms. The maximum Gasteiger partial charge on any atom is 0.406 e. The zero-order chi connectivity index (χ0) is 22.0. The van der Waals surface area contributed by atoms with Gasteiger partial charge < -0.3 is 9.32 Å². The summed E-state index contributed by atoms with van der Waals surface area (Å²) in [6.07, 6.45) is -3.33. The molecule has 3 heterocycles. The summed E-state index contributed by atoms with van der Waals surface area (Å²) in [4.78, 5) is 18.3. The summed E-state index contributed by atoms with van der Waals surface area (Å²) in [6, 6.07) is 11.9. The molecule has 6 nitrogen and oxygen atoms in total. The van der Waals surface area contributed by atoms with E-state index in [-0.39, 0.29) is 17.3 Å². The van der Waals surface area contributed by atoms with E-state index in [9.17, 15) is 22.4 Å². The van der Waals surface area contributed by atoms with Crippen molar-refractivity contribution >= 4 is 17.2 Å². The van der Waals surface area contributed by atoms with Crippen molar-refractivity contribution in [1.82, 2.24) is 19.7 Å². The first-order chi connectivity index (χ1) is 14.8. The highest BCUT2D eigenvalue weighted by Gasteiger charge is 2.35. The zero-order valence-electron chi connectivity index (χ0n) is 15.7.